The Kier molecular flexibility index (Phi) is 12.1. The number of aromatic nitrogens is 1. The van der Waals surface area contributed by atoms with Crippen LogP contribution in [0.2, 0.25) is 0 Å². The summed E-state index contributed by atoms with van der Waals surface area (Å²) in [4.78, 5) is 14.3. The van der Waals surface area contributed by atoms with E-state index in [1.54, 1.807) is 0 Å². The highest BCUT2D eigenvalue weighted by atomic mass is 16.5. The second-order valence-corrected chi connectivity index (χ2v) is 24.9. The Morgan fingerprint density at radius 2 is 0.552 bits per heavy atom. The van der Waals surface area contributed by atoms with E-state index in [0.717, 1.165) is 146 Å². The fraction of sp³-hybridized carbons (Fsp3) is 0. The molecule has 7 heterocycles. The molecule has 6 aliphatic rings. The Labute approximate surface area is 555 Å². The van der Waals surface area contributed by atoms with Gasteiger partial charge in [0.15, 0.2) is 0 Å². The lowest BCUT2D eigenvalue weighted by Gasteiger charge is -2.42. The molecule has 1 aromatic heterocycles. The molecule has 0 saturated carbocycles. The number of anilines is 12. The minimum absolute atomic E-state index is 0.258. The van der Waals surface area contributed by atoms with E-state index in [1.807, 2.05) is 24.4 Å². The van der Waals surface area contributed by atoms with Crippen molar-refractivity contribution in [3.63, 3.8) is 0 Å². The average molecular weight is 1230 g/mol. The largest absolute Gasteiger partial charge is 0.458 e. The van der Waals surface area contributed by atoms with Gasteiger partial charge >= 0.3 is 0 Å². The van der Waals surface area contributed by atoms with Crippen molar-refractivity contribution in [1.82, 2.24) is 4.98 Å². The Morgan fingerprint density at radius 1 is 0.229 bits per heavy atom. The van der Waals surface area contributed by atoms with Crippen LogP contribution in [0.5, 0.6) is 57.5 Å². The summed E-state index contributed by atoms with van der Waals surface area (Å²) >= 11 is 0. The van der Waals surface area contributed by atoms with Crippen molar-refractivity contribution in [3.05, 3.63) is 316 Å². The van der Waals surface area contributed by atoms with Gasteiger partial charge in [-0.1, -0.05) is 164 Å². The zero-order valence-electron chi connectivity index (χ0n) is 51.5. The van der Waals surface area contributed by atoms with Gasteiger partial charge in [-0.25, -0.2) is 4.98 Å². The molecular weight excluding hydrogens is 1180 g/mol. The predicted octanol–water partition coefficient (Wildman–Crippen LogP) is 15.4. The van der Waals surface area contributed by atoms with Gasteiger partial charge in [0.2, 0.25) is 0 Å². The molecule has 20 rings (SSSR count). The van der Waals surface area contributed by atoms with Crippen LogP contribution >= 0.6 is 0 Å². The molecule has 0 N–H and O–H groups in total. The first-order valence-corrected chi connectivity index (χ1v) is 32.5. The Hall–Kier alpha value is -12.6. The molecule has 13 heteroatoms. The number of nitrogens with zero attached hydrogens (tertiary/aromatic N) is 5. The van der Waals surface area contributed by atoms with E-state index in [2.05, 4.69) is 311 Å². The highest BCUT2D eigenvalue weighted by molar-refractivity contribution is 7.02. The summed E-state index contributed by atoms with van der Waals surface area (Å²) < 4.78 is 36.7. The van der Waals surface area contributed by atoms with Crippen LogP contribution < -0.4 is 92.4 Å². The SMILES string of the molecule is c1ccc(N(c2ccccc2)c2cc3c4c(c2)Oc2cc5c(cc2B4c2ccccc2O3)B2c3cc4c(cc3Oc3cc(N(c6ccccc6)c6ccccc6)cc(c32)O5)N(c2ccccn2)c2cc(N(c3ccccc3)c3ccccc3)cc3c2B4c2ccccc2O3)cc1. The monoisotopic (exact) mass is 1230 g/mol. The van der Waals surface area contributed by atoms with Crippen LogP contribution in [0.3, 0.4) is 0 Å². The van der Waals surface area contributed by atoms with Gasteiger partial charge in [-0.05, 0) is 141 Å². The maximum Gasteiger partial charge on any atom is 0.260 e. The number of fused-ring (bicyclic) bond motifs is 12. The van der Waals surface area contributed by atoms with Crippen molar-refractivity contribution < 1.29 is 23.7 Å². The first-order chi connectivity index (χ1) is 47.6. The minimum atomic E-state index is -0.385. The zero-order valence-corrected chi connectivity index (χ0v) is 51.5. The molecule has 0 bridgehead atoms. The molecule has 14 aromatic rings. The number of hydrogen-bond donors (Lipinski definition) is 0. The van der Waals surface area contributed by atoms with Gasteiger partial charge in [-0.15, -0.1) is 0 Å². The lowest BCUT2D eigenvalue weighted by molar-refractivity contribution is 0.452. The van der Waals surface area contributed by atoms with E-state index in [-0.39, 0.29) is 20.1 Å². The van der Waals surface area contributed by atoms with Gasteiger partial charge in [-0.3, -0.25) is 4.90 Å². The lowest BCUT2D eigenvalue weighted by Crippen LogP contribution is -2.64. The summed E-state index contributed by atoms with van der Waals surface area (Å²) in [6.07, 6.45) is 1.87. The zero-order chi connectivity index (χ0) is 63.0. The summed E-state index contributed by atoms with van der Waals surface area (Å²) in [5, 5.41) is 0. The maximum absolute atomic E-state index is 7.63. The highest BCUT2D eigenvalue weighted by Crippen LogP contribution is 2.50. The van der Waals surface area contributed by atoms with E-state index in [0.29, 0.717) is 28.7 Å². The first kappa shape index (κ1) is 54.0. The Morgan fingerprint density at radius 3 is 0.958 bits per heavy atom. The maximum atomic E-state index is 7.63. The number of para-hydroxylation sites is 8. The van der Waals surface area contributed by atoms with E-state index in [9.17, 15) is 0 Å². The Bertz CT molecular complexity index is 5330. The third kappa shape index (κ3) is 8.46. The van der Waals surface area contributed by atoms with Gasteiger partial charge < -0.3 is 38.4 Å². The number of rotatable bonds is 10. The first-order valence-electron chi connectivity index (χ1n) is 32.5. The van der Waals surface area contributed by atoms with Gasteiger partial charge in [0.1, 0.15) is 63.3 Å². The van der Waals surface area contributed by atoms with Crippen LogP contribution in [-0.2, 0) is 0 Å². The molecule has 0 spiro atoms. The van der Waals surface area contributed by atoms with Crippen molar-refractivity contribution in [2.24, 2.45) is 0 Å². The van der Waals surface area contributed by atoms with Crippen molar-refractivity contribution in [3.8, 4) is 57.5 Å². The van der Waals surface area contributed by atoms with Crippen LogP contribution in [0.15, 0.2) is 316 Å². The molecule has 10 nitrogen and oxygen atoms in total. The molecule has 0 radical (unpaired) electrons. The van der Waals surface area contributed by atoms with Crippen molar-refractivity contribution in [2.75, 3.05) is 19.6 Å². The summed E-state index contributed by atoms with van der Waals surface area (Å²) in [6.45, 7) is -0.907. The van der Waals surface area contributed by atoms with Crippen molar-refractivity contribution in [2.45, 2.75) is 0 Å². The van der Waals surface area contributed by atoms with E-state index in [4.69, 9.17) is 28.7 Å². The molecule has 13 aromatic carbocycles. The lowest BCUT2D eigenvalue weighted by atomic mass is 9.30. The van der Waals surface area contributed by atoms with Crippen molar-refractivity contribution in [1.29, 1.82) is 0 Å². The molecule has 6 aliphatic heterocycles. The van der Waals surface area contributed by atoms with Crippen LogP contribution in [-0.4, -0.2) is 25.1 Å². The summed E-state index contributed by atoms with van der Waals surface area (Å²) in [5.41, 5.74) is 19.8. The minimum Gasteiger partial charge on any atom is -0.458 e. The normalized spacial score (nSPS) is 13.1. The van der Waals surface area contributed by atoms with E-state index >= 15 is 0 Å². The highest BCUT2D eigenvalue weighted by Gasteiger charge is 2.49. The third-order valence-electron chi connectivity index (χ3n) is 19.5. The molecule has 0 saturated heterocycles. The smallest absolute Gasteiger partial charge is 0.260 e. The van der Waals surface area contributed by atoms with E-state index in [1.165, 1.54) is 0 Å². The quantitative estimate of drug-likeness (QED) is 0.124. The Balaban J connectivity index is 0.820. The van der Waals surface area contributed by atoms with Gasteiger partial charge in [0, 0.05) is 105 Å². The summed E-state index contributed by atoms with van der Waals surface area (Å²) in [5.74, 6) is 8.06. The second-order valence-electron chi connectivity index (χ2n) is 24.9. The molecular formula is C83H52B3N5O5. The topological polar surface area (TPSA) is 72.0 Å². The number of hydrogen-bond acceptors (Lipinski definition) is 10. The molecule has 96 heavy (non-hydrogen) atoms. The van der Waals surface area contributed by atoms with Crippen molar-refractivity contribution >= 4 is 138 Å². The third-order valence-corrected chi connectivity index (χ3v) is 19.5. The van der Waals surface area contributed by atoms with Gasteiger partial charge in [0.25, 0.3) is 20.1 Å². The van der Waals surface area contributed by atoms with Gasteiger partial charge in [-0.2, -0.15) is 0 Å². The number of benzene rings is 13. The summed E-state index contributed by atoms with van der Waals surface area (Å²) in [7, 11) is 0. The fourth-order valence-corrected chi connectivity index (χ4v) is 15.5. The van der Waals surface area contributed by atoms with Crippen LogP contribution in [0.4, 0.5) is 68.4 Å². The van der Waals surface area contributed by atoms with Crippen LogP contribution in [0.1, 0.15) is 0 Å². The molecule has 0 fully saturated rings. The van der Waals surface area contributed by atoms with Crippen LogP contribution in [0, 0.1) is 0 Å². The fourth-order valence-electron chi connectivity index (χ4n) is 15.5. The molecule has 0 amide bonds. The number of pyridine rings is 1. The number of ether oxygens (including phenoxy) is 5. The van der Waals surface area contributed by atoms with Gasteiger partial charge in [0.05, 0.1) is 17.1 Å². The summed E-state index contributed by atoms with van der Waals surface area (Å²) in [6, 6.07) is 108. The standard InChI is InChI=1S/C83H52B3N5O5/c1-7-25-53(26-8-1)88(54-27-9-2-10-28-54)59-43-69-81-75(44-59)92-70-39-21-19-37-62(70)84(81)64-49-65-72(51-68(64)91(69)80-41-23-24-42-87-80)94-78-47-61(90(57-33-15-5-16-34-57)58-35-17-6-18-36-58)48-79-83(78)86(65)67-50-66-73(52-74(67)96-79)95-77-46-60(45-76-82(77)85(66)63-38-20-22-40-71(63)93-76)89(55-29-11-3-12-30-55)56-31-13-4-14-32-56/h1-52H. The average Bonchev–Trinajstić information content (AvgIpc) is 0.699. The van der Waals surface area contributed by atoms with E-state index < -0.39 is 0 Å². The molecule has 0 unspecified atom stereocenters. The predicted molar refractivity (Wildman–Crippen MR) is 390 cm³/mol. The molecule has 0 atom stereocenters. The van der Waals surface area contributed by atoms with Crippen LogP contribution in [0.25, 0.3) is 0 Å². The molecule has 0 aliphatic carbocycles. The molecule has 448 valence electrons. The second kappa shape index (κ2) is 21.5.